The number of hydrogen-bond acceptors (Lipinski definition) is 1. The lowest BCUT2D eigenvalue weighted by atomic mass is 9.94. The van der Waals surface area contributed by atoms with Crippen molar-refractivity contribution in [3.05, 3.63) is 65.5 Å². The van der Waals surface area contributed by atoms with E-state index >= 15 is 0 Å². The molecule has 0 bridgehead atoms. The van der Waals surface area contributed by atoms with Gasteiger partial charge < -0.3 is 4.42 Å². The molecule has 0 radical (unpaired) electrons. The van der Waals surface area contributed by atoms with Crippen LogP contribution in [0.25, 0.3) is 33.0 Å². The predicted octanol–water partition coefficient (Wildman–Crippen LogP) is 5.82. The van der Waals surface area contributed by atoms with Gasteiger partial charge >= 0.3 is 0 Å². The molecule has 2 nitrogen and oxygen atoms in total. The van der Waals surface area contributed by atoms with Gasteiger partial charge in [-0.05, 0) is 53.6 Å². The number of furan rings is 1. The maximum absolute atomic E-state index is 5.66. The summed E-state index contributed by atoms with van der Waals surface area (Å²) >= 11 is 0. The van der Waals surface area contributed by atoms with Gasteiger partial charge in [0.2, 0.25) is 5.69 Å². The first-order valence-electron chi connectivity index (χ1n) is 8.87. The minimum atomic E-state index is 0.531. The molecule has 0 N–H and O–H groups in total. The normalized spacial score (nSPS) is 11.8. The maximum atomic E-state index is 5.66. The first kappa shape index (κ1) is 15.9. The van der Waals surface area contributed by atoms with E-state index in [1.54, 1.807) is 6.26 Å². The second-order valence-electron chi connectivity index (χ2n) is 7.32. The van der Waals surface area contributed by atoms with Crippen LogP contribution in [0, 0.1) is 13.8 Å². The number of hydrogen-bond donors (Lipinski definition) is 0. The largest absolute Gasteiger partial charge is 0.464 e. The van der Waals surface area contributed by atoms with Gasteiger partial charge in [0, 0.05) is 18.4 Å². The molecule has 0 atom stereocenters. The predicted molar refractivity (Wildman–Crippen MR) is 104 cm³/mol. The van der Waals surface area contributed by atoms with Gasteiger partial charge in [0.25, 0.3) is 0 Å². The van der Waals surface area contributed by atoms with Gasteiger partial charge in [0.05, 0.1) is 17.2 Å². The quantitative estimate of drug-likeness (QED) is 0.423. The fraction of sp³-hybridized carbons (Fsp3) is 0.261. The molecule has 2 heterocycles. The highest BCUT2D eigenvalue weighted by Crippen LogP contribution is 2.33. The molecule has 0 aliphatic rings. The number of pyridine rings is 1. The molecule has 2 aromatic carbocycles. The van der Waals surface area contributed by atoms with Crippen LogP contribution in [-0.2, 0) is 7.05 Å². The molecule has 0 amide bonds. The zero-order valence-corrected chi connectivity index (χ0v) is 15.6. The minimum Gasteiger partial charge on any atom is -0.464 e. The van der Waals surface area contributed by atoms with Crippen LogP contribution in [0.15, 0.2) is 53.1 Å². The smallest absolute Gasteiger partial charge is 0.220 e. The SMILES string of the molecule is Cc1cc2ccoc2cc1-c1c2ccc(C(C)C)cc2cc(C)[n+]1C. The van der Waals surface area contributed by atoms with Crippen molar-refractivity contribution < 1.29 is 8.98 Å². The lowest BCUT2D eigenvalue weighted by Gasteiger charge is -2.12. The van der Waals surface area contributed by atoms with Crippen LogP contribution in [0.2, 0.25) is 0 Å². The van der Waals surface area contributed by atoms with E-state index in [4.69, 9.17) is 4.42 Å². The fourth-order valence-corrected chi connectivity index (χ4v) is 3.66. The average Bonchev–Trinajstić information content (AvgIpc) is 3.02. The lowest BCUT2D eigenvalue weighted by Crippen LogP contribution is -2.35. The maximum Gasteiger partial charge on any atom is 0.220 e. The molecule has 0 aliphatic carbocycles. The van der Waals surface area contributed by atoms with Crippen LogP contribution in [-0.4, -0.2) is 0 Å². The first-order chi connectivity index (χ1) is 12.0. The Kier molecular flexibility index (Phi) is 3.64. The molecule has 0 unspecified atom stereocenters. The Labute approximate surface area is 148 Å². The monoisotopic (exact) mass is 330 g/mol. The van der Waals surface area contributed by atoms with Crippen LogP contribution in [0.4, 0.5) is 0 Å². The highest BCUT2D eigenvalue weighted by Gasteiger charge is 2.21. The summed E-state index contributed by atoms with van der Waals surface area (Å²) in [6.07, 6.45) is 1.76. The summed E-state index contributed by atoms with van der Waals surface area (Å²) in [4.78, 5) is 0. The summed E-state index contributed by atoms with van der Waals surface area (Å²) in [6.45, 7) is 8.84. The Morgan fingerprint density at radius 1 is 0.920 bits per heavy atom. The molecule has 4 rings (SSSR count). The molecule has 0 aliphatic heterocycles. The molecule has 25 heavy (non-hydrogen) atoms. The van der Waals surface area contributed by atoms with Gasteiger partial charge in [0.15, 0.2) is 5.69 Å². The minimum absolute atomic E-state index is 0.531. The molecule has 0 saturated heterocycles. The van der Waals surface area contributed by atoms with Crippen molar-refractivity contribution in [1.82, 2.24) is 0 Å². The third-order valence-corrected chi connectivity index (χ3v) is 5.28. The van der Waals surface area contributed by atoms with Crippen molar-refractivity contribution in [2.24, 2.45) is 7.05 Å². The van der Waals surface area contributed by atoms with Gasteiger partial charge in [-0.1, -0.05) is 26.0 Å². The zero-order valence-electron chi connectivity index (χ0n) is 15.6. The van der Waals surface area contributed by atoms with Crippen molar-refractivity contribution in [3.8, 4) is 11.3 Å². The molecule has 2 aromatic heterocycles. The molecule has 4 aromatic rings. The molecule has 2 heteroatoms. The second-order valence-corrected chi connectivity index (χ2v) is 7.32. The van der Waals surface area contributed by atoms with Crippen molar-refractivity contribution >= 4 is 21.7 Å². The highest BCUT2D eigenvalue weighted by atomic mass is 16.3. The van der Waals surface area contributed by atoms with Crippen LogP contribution in [0.5, 0.6) is 0 Å². The number of aromatic nitrogens is 1. The highest BCUT2D eigenvalue weighted by molar-refractivity contribution is 5.96. The zero-order chi connectivity index (χ0) is 17.7. The number of fused-ring (bicyclic) bond motifs is 2. The lowest BCUT2D eigenvalue weighted by molar-refractivity contribution is -0.665. The molecule has 0 fully saturated rings. The van der Waals surface area contributed by atoms with Crippen LogP contribution in [0.1, 0.15) is 36.6 Å². The summed E-state index contributed by atoms with van der Waals surface area (Å²) in [5.41, 5.74) is 7.32. The second kappa shape index (κ2) is 5.73. The number of rotatable bonds is 2. The number of nitrogens with zero attached hydrogens (tertiary/aromatic N) is 1. The third kappa shape index (κ3) is 2.53. The molecule has 0 saturated carbocycles. The van der Waals surface area contributed by atoms with E-state index in [-0.39, 0.29) is 0 Å². The van der Waals surface area contributed by atoms with E-state index in [1.807, 2.05) is 6.07 Å². The first-order valence-corrected chi connectivity index (χ1v) is 8.87. The Morgan fingerprint density at radius 2 is 1.72 bits per heavy atom. The molecule has 126 valence electrons. The van der Waals surface area contributed by atoms with Gasteiger partial charge in [-0.3, -0.25) is 0 Å². The van der Waals surface area contributed by atoms with E-state index < -0.39 is 0 Å². The Bertz CT molecular complexity index is 1100. The van der Waals surface area contributed by atoms with Gasteiger partial charge in [-0.15, -0.1) is 0 Å². The topological polar surface area (TPSA) is 17.0 Å². The summed E-state index contributed by atoms with van der Waals surface area (Å²) in [5.74, 6) is 0.531. The molecule has 0 spiro atoms. The summed E-state index contributed by atoms with van der Waals surface area (Å²) in [5, 5.41) is 3.74. The summed E-state index contributed by atoms with van der Waals surface area (Å²) < 4.78 is 7.94. The Hall–Kier alpha value is -2.61. The Balaban J connectivity index is 2.08. The van der Waals surface area contributed by atoms with Crippen molar-refractivity contribution in [2.45, 2.75) is 33.6 Å². The third-order valence-electron chi connectivity index (χ3n) is 5.28. The summed E-state index contributed by atoms with van der Waals surface area (Å²) in [7, 11) is 2.15. The van der Waals surface area contributed by atoms with Gasteiger partial charge in [-0.2, -0.15) is 4.57 Å². The van der Waals surface area contributed by atoms with Crippen LogP contribution >= 0.6 is 0 Å². The van der Waals surface area contributed by atoms with E-state index in [9.17, 15) is 0 Å². The van der Waals surface area contributed by atoms with Crippen molar-refractivity contribution in [1.29, 1.82) is 0 Å². The van der Waals surface area contributed by atoms with E-state index in [0.29, 0.717) is 5.92 Å². The average molecular weight is 330 g/mol. The van der Waals surface area contributed by atoms with E-state index in [2.05, 4.69) is 75.7 Å². The number of benzene rings is 2. The molecular formula is C23H24NO+. The van der Waals surface area contributed by atoms with Gasteiger partial charge in [0.1, 0.15) is 12.6 Å². The van der Waals surface area contributed by atoms with Gasteiger partial charge in [-0.25, -0.2) is 0 Å². The number of aryl methyl sites for hydroxylation is 2. The van der Waals surface area contributed by atoms with Crippen molar-refractivity contribution in [3.63, 3.8) is 0 Å². The molecular weight excluding hydrogens is 306 g/mol. The fourth-order valence-electron chi connectivity index (χ4n) is 3.66. The van der Waals surface area contributed by atoms with Crippen LogP contribution < -0.4 is 4.57 Å². The van der Waals surface area contributed by atoms with Crippen molar-refractivity contribution in [2.75, 3.05) is 0 Å². The van der Waals surface area contributed by atoms with E-state index in [1.165, 1.54) is 38.9 Å². The summed E-state index contributed by atoms with van der Waals surface area (Å²) in [6, 6.07) is 15.6. The Morgan fingerprint density at radius 3 is 2.48 bits per heavy atom. The van der Waals surface area contributed by atoms with Crippen LogP contribution in [0.3, 0.4) is 0 Å². The van der Waals surface area contributed by atoms with E-state index in [0.717, 1.165) is 11.0 Å². The standard InChI is InChI=1S/C23H24NO/c1-14(2)17-6-7-20-19(12-17)11-16(4)24(5)23(20)21-13-22-18(8-9-25-22)10-15(21)3/h6-14H,1-5H3/q+1.